The molecule has 5 aromatic rings. The molecular formula is C38H30N4O5S2. The molecule has 0 saturated heterocycles. The number of thioether (sulfide) groups is 1. The molecule has 1 atom stereocenters. The van der Waals surface area contributed by atoms with Gasteiger partial charge < -0.3 is 10.6 Å². The van der Waals surface area contributed by atoms with Crippen LogP contribution in [0, 0.1) is 10.1 Å². The van der Waals surface area contributed by atoms with Gasteiger partial charge in [0.15, 0.2) is 0 Å². The van der Waals surface area contributed by atoms with Crippen LogP contribution in [0.2, 0.25) is 0 Å². The maximum atomic E-state index is 14.1. The zero-order valence-electron chi connectivity index (χ0n) is 26.2. The van der Waals surface area contributed by atoms with Gasteiger partial charge in [0, 0.05) is 38.1 Å². The normalized spacial score (nSPS) is 12.7. The molecule has 1 unspecified atom stereocenters. The summed E-state index contributed by atoms with van der Waals surface area (Å²) < 4.78 is 0. The maximum absolute atomic E-state index is 14.1. The average Bonchev–Trinajstić information content (AvgIpc) is 3.13. The molecule has 3 amide bonds. The Balaban J connectivity index is 1.18. The highest BCUT2D eigenvalue weighted by Crippen LogP contribution is 2.48. The summed E-state index contributed by atoms with van der Waals surface area (Å²) in [4.78, 5) is 55.9. The predicted octanol–water partition coefficient (Wildman–Crippen LogP) is 8.70. The standard InChI is InChI=1S/C38H30N4O5S2/c1-2-33(38(45)41-31-12-6-8-14-34(31)49-35-15-9-7-13-32(35)41)48-29-22-18-27(19-23-29)39-37(44)30(40-36(43)26-10-4-3-5-11-26)24-25-16-20-28(21-17-25)42(46)47/h3-24,33H,2H2,1H3,(H,39,44)(H,40,43)/b30-24-. The summed E-state index contributed by atoms with van der Waals surface area (Å²) in [6.45, 7) is 1.99. The summed E-state index contributed by atoms with van der Waals surface area (Å²) in [6.07, 6.45) is 2.06. The summed E-state index contributed by atoms with van der Waals surface area (Å²) in [7, 11) is 0. The largest absolute Gasteiger partial charge is 0.321 e. The van der Waals surface area contributed by atoms with Crippen LogP contribution in [0.25, 0.3) is 6.08 Å². The van der Waals surface area contributed by atoms with Gasteiger partial charge >= 0.3 is 0 Å². The first-order valence-electron chi connectivity index (χ1n) is 15.4. The maximum Gasteiger partial charge on any atom is 0.272 e. The number of hydrogen-bond donors (Lipinski definition) is 2. The minimum Gasteiger partial charge on any atom is -0.321 e. The van der Waals surface area contributed by atoms with Gasteiger partial charge in [-0.25, -0.2) is 0 Å². The first kappa shape index (κ1) is 33.3. The minimum atomic E-state index is -0.579. The molecule has 5 aromatic carbocycles. The van der Waals surface area contributed by atoms with Crippen molar-refractivity contribution in [3.8, 4) is 0 Å². The molecule has 11 heteroatoms. The van der Waals surface area contributed by atoms with Crippen LogP contribution in [0.5, 0.6) is 0 Å². The first-order valence-corrected chi connectivity index (χ1v) is 17.1. The summed E-state index contributed by atoms with van der Waals surface area (Å²) in [5, 5.41) is 16.2. The van der Waals surface area contributed by atoms with E-state index < -0.39 is 16.7 Å². The highest BCUT2D eigenvalue weighted by molar-refractivity contribution is 8.00. The van der Waals surface area contributed by atoms with E-state index in [0.29, 0.717) is 23.2 Å². The van der Waals surface area contributed by atoms with Crippen LogP contribution in [0.15, 0.2) is 148 Å². The van der Waals surface area contributed by atoms with E-state index in [4.69, 9.17) is 0 Å². The van der Waals surface area contributed by atoms with Crippen molar-refractivity contribution < 1.29 is 19.3 Å². The number of fused-ring (bicyclic) bond motifs is 2. The quantitative estimate of drug-likeness (QED) is 0.0652. The van der Waals surface area contributed by atoms with Crippen molar-refractivity contribution in [3.63, 3.8) is 0 Å². The molecule has 0 aromatic heterocycles. The predicted molar refractivity (Wildman–Crippen MR) is 194 cm³/mol. The van der Waals surface area contributed by atoms with Gasteiger partial charge in [0.05, 0.1) is 21.5 Å². The minimum absolute atomic E-state index is 0.0136. The van der Waals surface area contributed by atoms with Crippen molar-refractivity contribution >= 4 is 70.1 Å². The second-order valence-electron chi connectivity index (χ2n) is 10.9. The van der Waals surface area contributed by atoms with Gasteiger partial charge in [-0.1, -0.05) is 61.2 Å². The number of hydrogen-bond acceptors (Lipinski definition) is 7. The number of nitro benzene ring substituents is 1. The third kappa shape index (κ3) is 7.75. The Morgan fingerprint density at radius 1 is 0.816 bits per heavy atom. The Morgan fingerprint density at radius 2 is 1.41 bits per heavy atom. The highest BCUT2D eigenvalue weighted by atomic mass is 32.2. The Bertz CT molecular complexity index is 2010. The summed E-state index contributed by atoms with van der Waals surface area (Å²) in [5.41, 5.74) is 2.93. The fourth-order valence-electron chi connectivity index (χ4n) is 5.18. The third-order valence-corrected chi connectivity index (χ3v) is 10.1. The van der Waals surface area contributed by atoms with E-state index in [1.807, 2.05) is 72.5 Å². The highest BCUT2D eigenvalue weighted by Gasteiger charge is 2.32. The van der Waals surface area contributed by atoms with Crippen LogP contribution in [0.3, 0.4) is 0 Å². The Kier molecular flexibility index (Phi) is 10.2. The van der Waals surface area contributed by atoms with Gasteiger partial charge in [-0.15, -0.1) is 11.8 Å². The summed E-state index contributed by atoms with van der Waals surface area (Å²) >= 11 is 3.11. The second kappa shape index (κ2) is 15.1. The number of non-ortho nitro benzene ring substituents is 1. The van der Waals surface area contributed by atoms with Crippen LogP contribution in [0.4, 0.5) is 22.7 Å². The third-order valence-electron chi connectivity index (χ3n) is 7.63. The lowest BCUT2D eigenvalue weighted by atomic mass is 10.1. The lowest BCUT2D eigenvalue weighted by Crippen LogP contribution is -2.35. The van der Waals surface area contributed by atoms with Gasteiger partial charge in [0.25, 0.3) is 17.5 Å². The number of rotatable bonds is 10. The zero-order chi connectivity index (χ0) is 34.3. The van der Waals surface area contributed by atoms with Crippen molar-refractivity contribution in [2.75, 3.05) is 10.2 Å². The molecule has 0 bridgehead atoms. The van der Waals surface area contributed by atoms with E-state index in [0.717, 1.165) is 26.1 Å². The molecule has 0 aliphatic carbocycles. The van der Waals surface area contributed by atoms with Gasteiger partial charge in [-0.2, -0.15) is 0 Å². The molecule has 0 fully saturated rings. The molecule has 6 rings (SSSR count). The number of amides is 3. The van der Waals surface area contributed by atoms with Gasteiger partial charge in [-0.05, 0) is 90.9 Å². The van der Waals surface area contributed by atoms with Crippen molar-refractivity contribution in [2.45, 2.75) is 33.3 Å². The van der Waals surface area contributed by atoms with Crippen molar-refractivity contribution in [2.24, 2.45) is 0 Å². The topological polar surface area (TPSA) is 122 Å². The molecule has 9 nitrogen and oxygen atoms in total. The van der Waals surface area contributed by atoms with Crippen LogP contribution in [-0.2, 0) is 9.59 Å². The molecule has 1 aliphatic rings. The number of carbonyl (C=O) groups is 3. The Hall–Kier alpha value is -5.65. The Labute approximate surface area is 291 Å². The summed E-state index contributed by atoms with van der Waals surface area (Å²) in [6, 6.07) is 37.1. The molecule has 1 aliphatic heterocycles. The Morgan fingerprint density at radius 3 is 2.00 bits per heavy atom. The zero-order valence-corrected chi connectivity index (χ0v) is 27.9. The van der Waals surface area contributed by atoms with E-state index in [2.05, 4.69) is 10.6 Å². The number of nitrogens with one attached hydrogen (secondary N) is 2. The monoisotopic (exact) mass is 686 g/mol. The number of benzene rings is 5. The van der Waals surface area contributed by atoms with Crippen molar-refractivity contribution in [1.29, 1.82) is 0 Å². The van der Waals surface area contributed by atoms with Crippen molar-refractivity contribution in [3.05, 3.63) is 154 Å². The fourth-order valence-corrected chi connectivity index (χ4v) is 7.23. The number of nitrogens with zero attached hydrogens (tertiary/aromatic N) is 2. The molecule has 0 spiro atoms. The fraction of sp³-hybridized carbons (Fsp3) is 0.0789. The lowest BCUT2D eigenvalue weighted by molar-refractivity contribution is -0.384. The number of para-hydroxylation sites is 2. The number of anilines is 3. The van der Waals surface area contributed by atoms with Crippen LogP contribution >= 0.6 is 23.5 Å². The number of nitro groups is 1. The van der Waals surface area contributed by atoms with Crippen LogP contribution in [0.1, 0.15) is 29.3 Å². The smallest absolute Gasteiger partial charge is 0.272 e. The van der Waals surface area contributed by atoms with E-state index >= 15 is 0 Å². The van der Waals surface area contributed by atoms with Gasteiger partial charge in [0.1, 0.15) is 5.70 Å². The van der Waals surface area contributed by atoms with Crippen molar-refractivity contribution in [1.82, 2.24) is 5.32 Å². The molecular weight excluding hydrogens is 657 g/mol. The first-order chi connectivity index (χ1) is 23.8. The second-order valence-corrected chi connectivity index (χ2v) is 13.3. The van der Waals surface area contributed by atoms with E-state index in [9.17, 15) is 24.5 Å². The number of carbonyl (C=O) groups excluding carboxylic acids is 3. The SMILES string of the molecule is CCC(Sc1ccc(NC(=O)/C(=C/c2ccc([N+](=O)[O-])cc2)NC(=O)c2ccccc2)cc1)C(=O)N1c2ccccc2Sc2ccccc21. The summed E-state index contributed by atoms with van der Waals surface area (Å²) in [5.74, 6) is -1.08. The average molecular weight is 687 g/mol. The molecule has 0 saturated carbocycles. The molecule has 1 heterocycles. The molecule has 49 heavy (non-hydrogen) atoms. The van der Waals surface area contributed by atoms with E-state index in [1.54, 1.807) is 54.2 Å². The van der Waals surface area contributed by atoms with Crippen LogP contribution < -0.4 is 15.5 Å². The van der Waals surface area contributed by atoms with Crippen LogP contribution in [-0.4, -0.2) is 27.9 Å². The lowest BCUT2D eigenvalue weighted by Gasteiger charge is -2.33. The van der Waals surface area contributed by atoms with Gasteiger partial charge in [0.2, 0.25) is 5.91 Å². The van der Waals surface area contributed by atoms with E-state index in [-0.39, 0.29) is 22.5 Å². The molecule has 2 N–H and O–H groups in total. The molecule has 0 radical (unpaired) electrons. The molecule has 244 valence electrons. The van der Waals surface area contributed by atoms with E-state index in [1.165, 1.54) is 42.1 Å². The van der Waals surface area contributed by atoms with Gasteiger partial charge in [-0.3, -0.25) is 29.4 Å².